The normalized spacial score (nSPS) is 24.6. The number of aliphatic hydroxyl groups is 3. The first kappa shape index (κ1) is 26.4. The Balaban J connectivity index is 1.95. The first-order valence-corrected chi connectivity index (χ1v) is 11.2. The van der Waals surface area contributed by atoms with Crippen LogP contribution in [-0.4, -0.2) is 75.1 Å². The topological polar surface area (TPSA) is 190 Å². The molecule has 3 rings (SSSR count). The fourth-order valence-electron chi connectivity index (χ4n) is 3.87. The fraction of sp³-hybridized carbons (Fsp3) is 0.636. The Morgan fingerprint density at radius 1 is 1.37 bits per heavy atom. The van der Waals surface area contributed by atoms with Crippen LogP contribution in [0.25, 0.3) is 5.82 Å². The van der Waals surface area contributed by atoms with Gasteiger partial charge in [0.1, 0.15) is 54.0 Å². The van der Waals surface area contributed by atoms with E-state index in [1.165, 1.54) is 10.8 Å². The maximum atomic E-state index is 13.1. The highest BCUT2D eigenvalue weighted by Gasteiger charge is 2.44. The van der Waals surface area contributed by atoms with Gasteiger partial charge in [0.15, 0.2) is 6.23 Å². The first-order chi connectivity index (χ1) is 16.4. The van der Waals surface area contributed by atoms with Crippen LogP contribution < -0.4 is 26.7 Å². The Bertz CT molecular complexity index is 1130. The number of fused-ring (bicyclic) bond motifs is 1. The summed E-state index contributed by atoms with van der Waals surface area (Å²) in [4.78, 5) is 29.7. The quantitative estimate of drug-likeness (QED) is 0.258. The van der Waals surface area contributed by atoms with Crippen molar-refractivity contribution in [2.45, 2.75) is 70.8 Å². The third-order valence-corrected chi connectivity index (χ3v) is 5.52. The van der Waals surface area contributed by atoms with E-state index in [0.29, 0.717) is 0 Å². The summed E-state index contributed by atoms with van der Waals surface area (Å²) in [5.41, 5.74) is -0.366. The van der Waals surface area contributed by atoms with Gasteiger partial charge in [0, 0.05) is 6.20 Å². The monoisotopic (exact) mass is 492 g/mol. The number of amides is 2. The van der Waals surface area contributed by atoms with Gasteiger partial charge in [0.05, 0.1) is 17.4 Å². The van der Waals surface area contributed by atoms with E-state index in [1.54, 1.807) is 34.6 Å². The minimum atomic E-state index is -1.37. The molecule has 35 heavy (non-hydrogen) atoms. The Hall–Kier alpha value is -3.18. The molecule has 0 radical (unpaired) electrons. The number of ether oxygens (including phenoxy) is 2. The van der Waals surface area contributed by atoms with Gasteiger partial charge < -0.3 is 45.3 Å². The van der Waals surface area contributed by atoms with Crippen LogP contribution in [0.15, 0.2) is 11.2 Å². The number of nitrogens with zero attached hydrogens (tertiary/aromatic N) is 3. The predicted molar refractivity (Wildman–Crippen MR) is 120 cm³/mol. The van der Waals surface area contributed by atoms with Gasteiger partial charge in [-0.25, -0.2) is 9.79 Å². The molecule has 0 aromatic carbocycles. The van der Waals surface area contributed by atoms with Crippen molar-refractivity contribution in [3.8, 4) is 6.07 Å². The molecule has 2 aliphatic rings. The summed E-state index contributed by atoms with van der Waals surface area (Å²) in [7, 11) is 0. The first-order valence-electron chi connectivity index (χ1n) is 11.2. The number of carbonyl (C=O) groups excluding carboxylic acids is 2. The van der Waals surface area contributed by atoms with Crippen LogP contribution in [0.4, 0.5) is 4.79 Å². The molecule has 5 atom stereocenters. The largest absolute Gasteiger partial charge is 0.444 e. The number of rotatable bonds is 6. The van der Waals surface area contributed by atoms with E-state index < -0.39 is 54.8 Å². The summed E-state index contributed by atoms with van der Waals surface area (Å²) in [6, 6.07) is 1.10. The molecule has 0 bridgehead atoms. The number of nitriles is 1. The molecule has 3 heterocycles. The second kappa shape index (κ2) is 10.2. The molecule has 6 N–H and O–H groups in total. The summed E-state index contributed by atoms with van der Waals surface area (Å²) < 4.78 is 12.2. The van der Waals surface area contributed by atoms with E-state index in [-0.39, 0.29) is 34.7 Å². The maximum absolute atomic E-state index is 13.1. The SMILES string of the molecule is CC(C)C(NC(=O)OC(C)(C)C)C(=O)NC1=c2c(C#N)cn([C@@H]3O[C@H](CO)C(O)[C@@H]3O)c2=NCN1. The summed E-state index contributed by atoms with van der Waals surface area (Å²) in [5.74, 6) is -0.626. The lowest BCUT2D eigenvalue weighted by molar-refractivity contribution is -0.123. The molecule has 13 heteroatoms. The number of alkyl carbamates (subject to hydrolysis) is 1. The van der Waals surface area contributed by atoms with Gasteiger partial charge in [-0.05, 0) is 26.7 Å². The number of hydrogen-bond acceptors (Lipinski definition) is 10. The molecule has 192 valence electrons. The average Bonchev–Trinajstić information content (AvgIpc) is 3.28. The van der Waals surface area contributed by atoms with Crippen molar-refractivity contribution >= 4 is 17.8 Å². The van der Waals surface area contributed by atoms with Crippen LogP contribution in [0.2, 0.25) is 0 Å². The standard InChI is InChI=1S/C22H32N6O7/c1-10(2)14(26-21(33)35-22(3,4)5)19(32)27-17-13-11(6-23)7-28(18(13)25-9-24-17)20-16(31)15(30)12(8-29)34-20/h7,10,12,14-16,20,24,29-31H,8-9H2,1-5H3,(H,26,33)(H,27,32)/t12-,14?,15?,16+,20-/m1/s1. The third kappa shape index (κ3) is 5.57. The number of nitrogens with one attached hydrogen (secondary N) is 3. The molecule has 2 aliphatic heterocycles. The molecule has 1 aromatic rings. The Morgan fingerprint density at radius 2 is 2.06 bits per heavy atom. The van der Waals surface area contributed by atoms with Gasteiger partial charge in [-0.1, -0.05) is 13.8 Å². The average molecular weight is 493 g/mol. The van der Waals surface area contributed by atoms with E-state index in [2.05, 4.69) is 20.9 Å². The molecular weight excluding hydrogens is 460 g/mol. The number of aliphatic hydroxyl groups excluding tert-OH is 3. The summed E-state index contributed by atoms with van der Waals surface area (Å²) in [6.45, 7) is 8.20. The van der Waals surface area contributed by atoms with Gasteiger partial charge in [0.25, 0.3) is 0 Å². The van der Waals surface area contributed by atoms with E-state index >= 15 is 0 Å². The molecule has 2 amide bonds. The molecule has 2 unspecified atom stereocenters. The highest BCUT2D eigenvalue weighted by molar-refractivity contribution is 5.90. The van der Waals surface area contributed by atoms with E-state index in [0.717, 1.165) is 0 Å². The van der Waals surface area contributed by atoms with E-state index in [4.69, 9.17) is 9.47 Å². The van der Waals surface area contributed by atoms with Crippen LogP contribution in [0.3, 0.4) is 0 Å². The van der Waals surface area contributed by atoms with Crippen molar-refractivity contribution in [3.05, 3.63) is 22.5 Å². The highest BCUT2D eigenvalue weighted by Crippen LogP contribution is 2.28. The molecule has 1 fully saturated rings. The van der Waals surface area contributed by atoms with Gasteiger partial charge >= 0.3 is 6.09 Å². The molecular formula is C22H32N6O7. The van der Waals surface area contributed by atoms with Crippen molar-refractivity contribution in [1.82, 2.24) is 20.5 Å². The lowest BCUT2D eigenvalue weighted by Gasteiger charge is -2.26. The number of carbonyl (C=O) groups is 2. The van der Waals surface area contributed by atoms with Crippen molar-refractivity contribution in [3.63, 3.8) is 0 Å². The van der Waals surface area contributed by atoms with Gasteiger partial charge in [-0.15, -0.1) is 0 Å². The minimum absolute atomic E-state index is 0.0398. The summed E-state index contributed by atoms with van der Waals surface area (Å²) >= 11 is 0. The minimum Gasteiger partial charge on any atom is -0.444 e. The third-order valence-electron chi connectivity index (χ3n) is 5.52. The molecule has 0 saturated carbocycles. The van der Waals surface area contributed by atoms with Gasteiger partial charge in [-0.3, -0.25) is 4.79 Å². The Labute approximate surface area is 202 Å². The van der Waals surface area contributed by atoms with Crippen LogP contribution in [0.1, 0.15) is 46.4 Å². The zero-order chi connectivity index (χ0) is 26.1. The van der Waals surface area contributed by atoms with E-state index in [1.807, 2.05) is 6.07 Å². The van der Waals surface area contributed by atoms with Crippen LogP contribution >= 0.6 is 0 Å². The maximum Gasteiger partial charge on any atom is 0.408 e. The zero-order valence-electron chi connectivity index (χ0n) is 20.3. The second-order valence-electron chi connectivity index (χ2n) is 9.71. The fourth-order valence-corrected chi connectivity index (χ4v) is 3.87. The summed E-state index contributed by atoms with van der Waals surface area (Å²) in [6.07, 6.45) is -4.15. The Morgan fingerprint density at radius 3 is 2.60 bits per heavy atom. The van der Waals surface area contributed by atoms with Crippen molar-refractivity contribution in [1.29, 1.82) is 5.26 Å². The molecule has 13 nitrogen and oxygen atoms in total. The molecule has 1 saturated heterocycles. The van der Waals surface area contributed by atoms with Crippen LogP contribution in [-0.2, 0) is 14.3 Å². The second-order valence-corrected chi connectivity index (χ2v) is 9.71. The van der Waals surface area contributed by atoms with Crippen molar-refractivity contribution < 1.29 is 34.4 Å². The molecule has 0 aliphatic carbocycles. The van der Waals surface area contributed by atoms with Crippen molar-refractivity contribution in [2.75, 3.05) is 13.3 Å². The van der Waals surface area contributed by atoms with Crippen LogP contribution in [0.5, 0.6) is 0 Å². The Kier molecular flexibility index (Phi) is 7.71. The number of hydrogen-bond donors (Lipinski definition) is 6. The van der Waals surface area contributed by atoms with Crippen molar-refractivity contribution in [2.24, 2.45) is 10.9 Å². The van der Waals surface area contributed by atoms with E-state index in [9.17, 15) is 30.2 Å². The number of aromatic nitrogens is 1. The highest BCUT2D eigenvalue weighted by atomic mass is 16.6. The summed E-state index contributed by atoms with van der Waals surface area (Å²) in [5, 5.41) is 48.1. The molecule has 0 spiro atoms. The lowest BCUT2D eigenvalue weighted by Crippen LogP contribution is -2.54. The van der Waals surface area contributed by atoms with Crippen LogP contribution in [0, 0.1) is 17.2 Å². The van der Waals surface area contributed by atoms with Gasteiger partial charge in [-0.2, -0.15) is 5.26 Å². The van der Waals surface area contributed by atoms with Gasteiger partial charge in [0.2, 0.25) is 5.91 Å². The lowest BCUT2D eigenvalue weighted by atomic mass is 10.0. The zero-order valence-corrected chi connectivity index (χ0v) is 20.3. The smallest absolute Gasteiger partial charge is 0.408 e. The predicted octanol–water partition coefficient (Wildman–Crippen LogP) is -2.12. The molecule has 1 aromatic heterocycles.